The van der Waals surface area contributed by atoms with Crippen molar-refractivity contribution < 1.29 is 0 Å². The highest BCUT2D eigenvalue weighted by Gasteiger charge is 2.13. The Hall–Kier alpha value is -2.34. The first kappa shape index (κ1) is 19.0. The summed E-state index contributed by atoms with van der Waals surface area (Å²) in [5.41, 5.74) is 4.57. The van der Waals surface area contributed by atoms with E-state index in [2.05, 4.69) is 69.3 Å². The van der Waals surface area contributed by atoms with E-state index in [-0.39, 0.29) is 0 Å². The SMILES string of the molecule is CNCc1cn(SC2=CC=CN(C)C2)c2cc(Nc3ccc(Cl)cc3)ccc12. The number of hydrogen-bond donors (Lipinski definition) is 2. The fourth-order valence-corrected chi connectivity index (χ4v) is 4.49. The summed E-state index contributed by atoms with van der Waals surface area (Å²) in [6.07, 6.45) is 8.61. The second-order valence-corrected chi connectivity index (χ2v) is 8.39. The summed E-state index contributed by atoms with van der Waals surface area (Å²) in [6, 6.07) is 14.3. The van der Waals surface area contributed by atoms with Gasteiger partial charge in [0.15, 0.2) is 0 Å². The number of hydrogen-bond acceptors (Lipinski definition) is 4. The molecule has 6 heteroatoms. The van der Waals surface area contributed by atoms with Gasteiger partial charge in [0, 0.05) is 53.0 Å². The van der Waals surface area contributed by atoms with Crippen LogP contribution in [-0.4, -0.2) is 29.5 Å². The molecule has 0 amide bonds. The highest BCUT2D eigenvalue weighted by molar-refractivity contribution is 8.01. The zero-order chi connectivity index (χ0) is 19.5. The molecule has 0 radical (unpaired) electrons. The molecular formula is C22H23ClN4S. The molecule has 1 aliphatic rings. The first-order chi connectivity index (χ1) is 13.6. The molecule has 2 N–H and O–H groups in total. The van der Waals surface area contributed by atoms with Gasteiger partial charge in [-0.1, -0.05) is 17.7 Å². The van der Waals surface area contributed by atoms with Gasteiger partial charge < -0.3 is 15.5 Å². The molecule has 0 fully saturated rings. The van der Waals surface area contributed by atoms with E-state index in [4.69, 9.17) is 11.6 Å². The summed E-state index contributed by atoms with van der Waals surface area (Å²) >= 11 is 7.77. The molecule has 0 unspecified atom stereocenters. The third kappa shape index (κ3) is 4.22. The maximum atomic E-state index is 6.00. The van der Waals surface area contributed by atoms with Crippen molar-refractivity contribution in [1.82, 2.24) is 14.2 Å². The fraction of sp³-hybridized carbons (Fsp3) is 0.182. The number of benzene rings is 2. The van der Waals surface area contributed by atoms with Gasteiger partial charge in [-0.05, 0) is 79.3 Å². The van der Waals surface area contributed by atoms with Gasteiger partial charge in [0.05, 0.1) is 5.52 Å². The molecule has 4 rings (SSSR count). The largest absolute Gasteiger partial charge is 0.376 e. The first-order valence-corrected chi connectivity index (χ1v) is 10.3. The minimum atomic E-state index is 0.739. The van der Waals surface area contributed by atoms with Crippen molar-refractivity contribution in [3.8, 4) is 0 Å². The Kier molecular flexibility index (Phi) is 5.67. The summed E-state index contributed by atoms with van der Waals surface area (Å²) in [5.74, 6) is 0. The van der Waals surface area contributed by atoms with Crippen LogP contribution in [0.15, 0.2) is 71.9 Å². The summed E-state index contributed by atoms with van der Waals surface area (Å²) in [6.45, 7) is 1.76. The predicted molar refractivity (Wildman–Crippen MR) is 122 cm³/mol. The molecule has 0 spiro atoms. The smallest absolute Gasteiger partial charge is 0.0618 e. The first-order valence-electron chi connectivity index (χ1n) is 9.19. The van der Waals surface area contributed by atoms with E-state index in [9.17, 15) is 0 Å². The Balaban J connectivity index is 1.68. The number of allylic oxidation sites excluding steroid dienone is 2. The quantitative estimate of drug-likeness (QED) is 0.554. The van der Waals surface area contributed by atoms with E-state index in [0.29, 0.717) is 0 Å². The molecule has 0 saturated carbocycles. The van der Waals surface area contributed by atoms with Gasteiger partial charge >= 0.3 is 0 Å². The van der Waals surface area contributed by atoms with Crippen molar-refractivity contribution in [2.45, 2.75) is 6.54 Å². The minimum Gasteiger partial charge on any atom is -0.376 e. The summed E-state index contributed by atoms with van der Waals surface area (Å²) in [7, 11) is 4.08. The Bertz CT molecular complexity index is 1040. The summed E-state index contributed by atoms with van der Waals surface area (Å²) < 4.78 is 2.27. The normalized spacial score (nSPS) is 13.8. The maximum absolute atomic E-state index is 6.00. The predicted octanol–water partition coefficient (Wildman–Crippen LogP) is 5.60. The van der Waals surface area contributed by atoms with Crippen molar-refractivity contribution in [3.63, 3.8) is 0 Å². The van der Waals surface area contributed by atoms with Crippen molar-refractivity contribution in [3.05, 3.63) is 82.5 Å². The fourth-order valence-electron chi connectivity index (χ4n) is 3.28. The van der Waals surface area contributed by atoms with Crippen molar-refractivity contribution >= 4 is 45.8 Å². The zero-order valence-electron chi connectivity index (χ0n) is 15.9. The molecule has 28 heavy (non-hydrogen) atoms. The minimum absolute atomic E-state index is 0.739. The second kappa shape index (κ2) is 8.35. The van der Waals surface area contributed by atoms with E-state index in [0.717, 1.165) is 29.5 Å². The number of fused-ring (bicyclic) bond motifs is 1. The molecular weight excluding hydrogens is 388 g/mol. The van der Waals surface area contributed by atoms with Crippen molar-refractivity contribution in [2.75, 3.05) is 26.0 Å². The van der Waals surface area contributed by atoms with Crippen LogP contribution in [0.3, 0.4) is 0 Å². The lowest BCUT2D eigenvalue weighted by Gasteiger charge is -2.19. The molecule has 0 bridgehead atoms. The van der Waals surface area contributed by atoms with Gasteiger partial charge in [-0.15, -0.1) is 0 Å². The third-order valence-electron chi connectivity index (χ3n) is 4.60. The Morgan fingerprint density at radius 3 is 2.64 bits per heavy atom. The van der Waals surface area contributed by atoms with Crippen LogP contribution in [0.25, 0.3) is 10.9 Å². The number of halogens is 1. The monoisotopic (exact) mass is 410 g/mol. The van der Waals surface area contributed by atoms with Crippen LogP contribution < -0.4 is 10.6 Å². The van der Waals surface area contributed by atoms with E-state index in [1.54, 1.807) is 11.9 Å². The van der Waals surface area contributed by atoms with E-state index in [1.807, 2.05) is 31.3 Å². The number of aromatic nitrogens is 1. The molecule has 0 aliphatic carbocycles. The topological polar surface area (TPSA) is 32.2 Å². The molecule has 1 aromatic heterocycles. The molecule has 2 aromatic carbocycles. The summed E-state index contributed by atoms with van der Waals surface area (Å²) in [4.78, 5) is 3.50. The van der Waals surface area contributed by atoms with E-state index >= 15 is 0 Å². The van der Waals surface area contributed by atoms with Gasteiger partial charge in [0.25, 0.3) is 0 Å². The van der Waals surface area contributed by atoms with E-state index in [1.165, 1.54) is 21.4 Å². The number of anilines is 2. The number of nitrogens with one attached hydrogen (secondary N) is 2. The molecule has 4 nitrogen and oxygen atoms in total. The van der Waals surface area contributed by atoms with Crippen LogP contribution in [0.4, 0.5) is 11.4 Å². The Morgan fingerprint density at radius 1 is 1.11 bits per heavy atom. The number of rotatable bonds is 6. The lowest BCUT2D eigenvalue weighted by atomic mass is 10.1. The lowest BCUT2D eigenvalue weighted by molar-refractivity contribution is 0.501. The Morgan fingerprint density at radius 2 is 1.89 bits per heavy atom. The van der Waals surface area contributed by atoms with Crippen LogP contribution in [-0.2, 0) is 6.54 Å². The molecule has 2 heterocycles. The van der Waals surface area contributed by atoms with Gasteiger partial charge in [-0.3, -0.25) is 3.97 Å². The molecule has 0 saturated heterocycles. The van der Waals surface area contributed by atoms with Gasteiger partial charge in [-0.2, -0.15) is 0 Å². The second-order valence-electron chi connectivity index (χ2n) is 6.86. The lowest BCUT2D eigenvalue weighted by Crippen LogP contribution is -2.15. The van der Waals surface area contributed by atoms with Crippen LogP contribution in [0, 0.1) is 0 Å². The van der Waals surface area contributed by atoms with Crippen molar-refractivity contribution in [2.24, 2.45) is 0 Å². The number of likely N-dealkylation sites (N-methyl/N-ethyl adjacent to an activating group) is 1. The van der Waals surface area contributed by atoms with Crippen LogP contribution in [0.1, 0.15) is 5.56 Å². The molecule has 1 aliphatic heterocycles. The van der Waals surface area contributed by atoms with Crippen LogP contribution in [0.2, 0.25) is 5.02 Å². The highest BCUT2D eigenvalue weighted by atomic mass is 35.5. The van der Waals surface area contributed by atoms with Gasteiger partial charge in [0.1, 0.15) is 0 Å². The van der Waals surface area contributed by atoms with Crippen LogP contribution >= 0.6 is 23.5 Å². The van der Waals surface area contributed by atoms with E-state index < -0.39 is 0 Å². The third-order valence-corrected chi connectivity index (χ3v) is 5.85. The van der Waals surface area contributed by atoms with Crippen LogP contribution in [0.5, 0.6) is 0 Å². The zero-order valence-corrected chi connectivity index (χ0v) is 17.5. The number of nitrogens with zero attached hydrogens (tertiary/aromatic N) is 2. The average molecular weight is 411 g/mol. The Labute approximate surface area is 175 Å². The molecule has 3 aromatic rings. The standard InChI is InChI=1S/C22H23ClN4S/c1-24-13-16-14-27(28-20-4-3-11-26(2)15-20)22-12-19(9-10-21(16)22)25-18-7-5-17(23)6-8-18/h3-12,14,24-25H,13,15H2,1-2H3. The maximum Gasteiger partial charge on any atom is 0.0618 e. The van der Waals surface area contributed by atoms with Crippen molar-refractivity contribution in [1.29, 1.82) is 0 Å². The van der Waals surface area contributed by atoms with Gasteiger partial charge in [-0.25, -0.2) is 0 Å². The molecule has 144 valence electrons. The summed E-state index contributed by atoms with van der Waals surface area (Å²) in [5, 5.41) is 8.75. The van der Waals surface area contributed by atoms with Gasteiger partial charge in [0.2, 0.25) is 0 Å². The highest BCUT2D eigenvalue weighted by Crippen LogP contribution is 2.32. The molecule has 0 atom stereocenters. The average Bonchev–Trinajstić information content (AvgIpc) is 3.01.